The number of hydrogen-bond donors (Lipinski definition) is 0. The van der Waals surface area contributed by atoms with E-state index in [1.807, 2.05) is 26.0 Å². The maximum Gasteiger partial charge on any atom is 0.343 e. The van der Waals surface area contributed by atoms with Crippen LogP contribution in [0.15, 0.2) is 51.9 Å². The molecule has 7 heteroatoms. The van der Waals surface area contributed by atoms with Gasteiger partial charge >= 0.3 is 5.97 Å². The van der Waals surface area contributed by atoms with Gasteiger partial charge in [-0.2, -0.15) is 0 Å². The topological polar surface area (TPSA) is 83.6 Å². The zero-order valence-corrected chi connectivity index (χ0v) is 15.4. The van der Waals surface area contributed by atoms with Crippen LogP contribution in [-0.2, 0) is 16.1 Å². The number of pyridine rings is 1. The highest BCUT2D eigenvalue weighted by molar-refractivity contribution is 5.71. The average molecular weight is 368 g/mol. The van der Waals surface area contributed by atoms with Gasteiger partial charge in [0, 0.05) is 29.0 Å². The van der Waals surface area contributed by atoms with Crippen LogP contribution in [0.25, 0.3) is 11.1 Å². The summed E-state index contributed by atoms with van der Waals surface area (Å²) in [5.41, 5.74) is 3.12. The molecule has 0 atom stereocenters. The van der Waals surface area contributed by atoms with Gasteiger partial charge in [0.25, 0.3) is 5.56 Å². The Morgan fingerprint density at radius 1 is 1.19 bits per heavy atom. The van der Waals surface area contributed by atoms with Crippen molar-refractivity contribution in [1.29, 1.82) is 0 Å². The molecular formula is C20H20N2O5. The van der Waals surface area contributed by atoms with E-state index in [9.17, 15) is 9.59 Å². The molecule has 0 fully saturated rings. The molecule has 0 saturated carbocycles. The van der Waals surface area contributed by atoms with E-state index < -0.39 is 5.97 Å². The van der Waals surface area contributed by atoms with Crippen LogP contribution < -0.4 is 10.3 Å². The lowest BCUT2D eigenvalue weighted by molar-refractivity contribution is -0.142. The maximum atomic E-state index is 12.3. The minimum atomic E-state index is -0.470. The largest absolute Gasteiger partial charge is 0.482 e. The Morgan fingerprint density at radius 2 is 1.96 bits per heavy atom. The lowest BCUT2D eigenvalue weighted by Gasteiger charge is -2.13. The Morgan fingerprint density at radius 3 is 2.67 bits per heavy atom. The van der Waals surface area contributed by atoms with Crippen LogP contribution in [0.1, 0.15) is 17.0 Å². The van der Waals surface area contributed by atoms with Crippen molar-refractivity contribution in [2.24, 2.45) is 0 Å². The fourth-order valence-corrected chi connectivity index (χ4v) is 2.85. The number of aromatic nitrogens is 2. The second-order valence-corrected chi connectivity index (χ2v) is 6.06. The van der Waals surface area contributed by atoms with E-state index in [2.05, 4.69) is 9.89 Å². The van der Waals surface area contributed by atoms with Gasteiger partial charge in [0.1, 0.15) is 11.5 Å². The summed E-state index contributed by atoms with van der Waals surface area (Å²) in [6, 6.07) is 10.5. The zero-order valence-electron chi connectivity index (χ0n) is 15.4. The summed E-state index contributed by atoms with van der Waals surface area (Å²) in [7, 11) is 1.30. The Balaban J connectivity index is 1.92. The predicted molar refractivity (Wildman–Crippen MR) is 98.7 cm³/mol. The van der Waals surface area contributed by atoms with Gasteiger partial charge in [-0.25, -0.2) is 4.79 Å². The zero-order chi connectivity index (χ0) is 19.4. The number of aryl methyl sites for hydroxylation is 2. The molecule has 0 spiro atoms. The van der Waals surface area contributed by atoms with Gasteiger partial charge in [-0.15, -0.1) is 0 Å². The summed E-state index contributed by atoms with van der Waals surface area (Å²) < 4.78 is 16.9. The van der Waals surface area contributed by atoms with Crippen molar-refractivity contribution >= 4 is 5.97 Å². The molecule has 140 valence electrons. The lowest BCUT2D eigenvalue weighted by Crippen LogP contribution is -2.20. The van der Waals surface area contributed by atoms with Gasteiger partial charge < -0.3 is 18.6 Å². The monoisotopic (exact) mass is 368 g/mol. The molecule has 1 aromatic carbocycles. The highest BCUT2D eigenvalue weighted by Crippen LogP contribution is 2.26. The molecule has 0 N–H and O–H groups in total. The van der Waals surface area contributed by atoms with Gasteiger partial charge in [-0.1, -0.05) is 23.4 Å². The van der Waals surface area contributed by atoms with Crippen molar-refractivity contribution in [2.45, 2.75) is 20.4 Å². The molecule has 0 unspecified atom stereocenters. The molecule has 3 rings (SSSR count). The van der Waals surface area contributed by atoms with E-state index in [1.165, 1.54) is 13.2 Å². The summed E-state index contributed by atoms with van der Waals surface area (Å²) in [5.74, 6) is 0.749. The van der Waals surface area contributed by atoms with Crippen molar-refractivity contribution in [2.75, 3.05) is 13.7 Å². The van der Waals surface area contributed by atoms with Crippen LogP contribution in [0.5, 0.6) is 5.75 Å². The van der Waals surface area contributed by atoms with Crippen LogP contribution in [0.2, 0.25) is 0 Å². The average Bonchev–Trinajstić information content (AvgIpc) is 3.01. The van der Waals surface area contributed by atoms with Gasteiger partial charge in [0.05, 0.1) is 19.3 Å². The summed E-state index contributed by atoms with van der Waals surface area (Å²) in [6.07, 6.45) is 1.77. The normalized spacial score (nSPS) is 10.6. The lowest BCUT2D eigenvalue weighted by atomic mass is 10.1. The first-order valence-electron chi connectivity index (χ1n) is 8.41. The summed E-state index contributed by atoms with van der Waals surface area (Å²) >= 11 is 0. The molecule has 0 aliphatic heterocycles. The first-order valence-corrected chi connectivity index (χ1v) is 8.41. The molecule has 27 heavy (non-hydrogen) atoms. The second-order valence-electron chi connectivity index (χ2n) is 6.06. The van der Waals surface area contributed by atoms with Crippen molar-refractivity contribution in [3.63, 3.8) is 0 Å². The van der Waals surface area contributed by atoms with E-state index in [1.54, 1.807) is 29.0 Å². The van der Waals surface area contributed by atoms with Gasteiger partial charge in [-0.3, -0.25) is 4.79 Å². The molecule has 3 aromatic rings. The van der Waals surface area contributed by atoms with Crippen LogP contribution >= 0.6 is 0 Å². The number of rotatable bonds is 6. The van der Waals surface area contributed by atoms with Crippen LogP contribution in [0.4, 0.5) is 0 Å². The third-order valence-corrected chi connectivity index (χ3v) is 4.19. The molecule has 0 bridgehead atoms. The smallest absolute Gasteiger partial charge is 0.343 e. The van der Waals surface area contributed by atoms with Crippen molar-refractivity contribution in [3.05, 3.63) is 70.0 Å². The number of esters is 1. The molecule has 2 heterocycles. The highest BCUT2D eigenvalue weighted by Gasteiger charge is 2.13. The first kappa shape index (κ1) is 18.4. The minimum Gasteiger partial charge on any atom is -0.482 e. The predicted octanol–water partition coefficient (Wildman–Crippen LogP) is 2.72. The second kappa shape index (κ2) is 7.90. The molecule has 7 nitrogen and oxygen atoms in total. The molecular weight excluding hydrogens is 348 g/mol. The summed E-state index contributed by atoms with van der Waals surface area (Å²) in [5, 5.41) is 3.97. The van der Waals surface area contributed by atoms with Crippen LogP contribution in [0, 0.1) is 13.8 Å². The molecule has 0 aliphatic carbocycles. The van der Waals surface area contributed by atoms with Crippen molar-refractivity contribution in [1.82, 2.24) is 9.72 Å². The third-order valence-electron chi connectivity index (χ3n) is 4.19. The van der Waals surface area contributed by atoms with Crippen molar-refractivity contribution < 1.29 is 18.8 Å². The minimum absolute atomic E-state index is 0.145. The SMILES string of the molecule is COC(=O)COc1ccccc1Cn1cc(-c2c(C)noc2C)ccc1=O. The van der Waals surface area contributed by atoms with E-state index >= 15 is 0 Å². The fourth-order valence-electron chi connectivity index (χ4n) is 2.85. The molecule has 0 amide bonds. The Bertz CT molecular complexity index is 1000. The number of para-hydroxylation sites is 1. The number of ether oxygens (including phenoxy) is 2. The quantitative estimate of drug-likeness (QED) is 0.622. The summed E-state index contributed by atoms with van der Waals surface area (Å²) in [6.45, 7) is 3.80. The first-order chi connectivity index (χ1) is 13.0. The van der Waals surface area contributed by atoms with Crippen LogP contribution in [0.3, 0.4) is 0 Å². The highest BCUT2D eigenvalue weighted by atomic mass is 16.6. The number of hydrogen-bond acceptors (Lipinski definition) is 6. The molecule has 0 aliphatic rings. The number of benzene rings is 1. The standard InChI is InChI=1S/C20H20N2O5/c1-13-20(14(2)27-21-13)16-8-9-18(23)22(11-16)10-15-6-4-5-7-17(15)26-12-19(24)25-3/h4-9,11H,10,12H2,1-3H3. The van der Waals surface area contributed by atoms with E-state index in [4.69, 9.17) is 9.26 Å². The maximum absolute atomic E-state index is 12.3. The Hall–Kier alpha value is -3.35. The number of methoxy groups -OCH3 is 1. The number of nitrogens with zero attached hydrogens (tertiary/aromatic N) is 2. The molecule has 2 aromatic heterocycles. The van der Waals surface area contributed by atoms with Gasteiger partial charge in [0.2, 0.25) is 0 Å². The third kappa shape index (κ3) is 4.08. The number of carbonyl (C=O) groups is 1. The summed E-state index contributed by atoms with van der Waals surface area (Å²) in [4.78, 5) is 23.7. The molecule has 0 radical (unpaired) electrons. The van der Waals surface area contributed by atoms with Crippen LogP contribution in [-0.4, -0.2) is 29.4 Å². The van der Waals surface area contributed by atoms with E-state index in [0.717, 1.165) is 22.4 Å². The fraction of sp³-hybridized carbons (Fsp3) is 0.250. The van der Waals surface area contributed by atoms with E-state index in [-0.39, 0.29) is 12.2 Å². The number of carbonyl (C=O) groups excluding carboxylic acids is 1. The van der Waals surface area contributed by atoms with E-state index in [0.29, 0.717) is 18.1 Å². The molecule has 0 saturated heterocycles. The van der Waals surface area contributed by atoms with Crippen molar-refractivity contribution in [3.8, 4) is 16.9 Å². The van der Waals surface area contributed by atoms with Gasteiger partial charge in [-0.05, 0) is 26.0 Å². The van der Waals surface area contributed by atoms with Gasteiger partial charge in [0.15, 0.2) is 6.61 Å². The Labute approximate surface area is 156 Å². The Kier molecular flexibility index (Phi) is 5.40.